The van der Waals surface area contributed by atoms with Crippen LogP contribution in [0.4, 0.5) is 0 Å². The van der Waals surface area contributed by atoms with E-state index in [1.807, 2.05) is 24.3 Å². The number of hydrogen-bond donors (Lipinski definition) is 0. The summed E-state index contributed by atoms with van der Waals surface area (Å²) >= 11 is 0. The molecule has 1 rings (SSSR count). The van der Waals surface area contributed by atoms with Crippen LogP contribution >= 0.6 is 0 Å². The summed E-state index contributed by atoms with van der Waals surface area (Å²) in [6, 6.07) is 7.83. The number of amides is 1. The Bertz CT molecular complexity index is 463. The Labute approximate surface area is 108 Å². The van der Waals surface area contributed by atoms with E-state index in [0.717, 1.165) is 17.7 Å². The number of ether oxygens (including phenoxy) is 1. The quantitative estimate of drug-likeness (QED) is 0.799. The molecule has 0 radical (unpaired) electrons. The van der Waals surface area contributed by atoms with E-state index in [1.54, 1.807) is 19.1 Å². The third-order valence-corrected chi connectivity index (χ3v) is 2.82. The Kier molecular flexibility index (Phi) is 5.19. The van der Waals surface area contributed by atoms with E-state index in [-0.39, 0.29) is 12.3 Å². The lowest BCUT2D eigenvalue weighted by Gasteiger charge is -2.18. The van der Waals surface area contributed by atoms with Gasteiger partial charge in [-0.3, -0.25) is 4.79 Å². The van der Waals surface area contributed by atoms with Crippen LogP contribution in [0.25, 0.3) is 0 Å². The zero-order chi connectivity index (χ0) is 13.5. The van der Waals surface area contributed by atoms with Crippen molar-refractivity contribution in [1.29, 1.82) is 5.26 Å². The third kappa shape index (κ3) is 3.49. The molecule has 4 nitrogen and oxygen atoms in total. The van der Waals surface area contributed by atoms with Gasteiger partial charge < -0.3 is 9.64 Å². The maximum absolute atomic E-state index is 11.6. The Morgan fingerprint density at radius 3 is 2.78 bits per heavy atom. The van der Waals surface area contributed by atoms with Gasteiger partial charge in [0.05, 0.1) is 13.2 Å². The molecular weight excluding hydrogens is 228 g/mol. The summed E-state index contributed by atoms with van der Waals surface area (Å²) in [5, 5.41) is 8.51. The predicted molar refractivity (Wildman–Crippen MR) is 69.1 cm³/mol. The highest BCUT2D eigenvalue weighted by Crippen LogP contribution is 2.21. The highest BCUT2D eigenvalue weighted by molar-refractivity contribution is 5.78. The lowest BCUT2D eigenvalue weighted by atomic mass is 10.1. The van der Waals surface area contributed by atoms with Crippen LogP contribution in [-0.2, 0) is 17.8 Å². The molecule has 0 atom stereocenters. The van der Waals surface area contributed by atoms with Gasteiger partial charge in [0.2, 0.25) is 5.91 Å². The van der Waals surface area contributed by atoms with Crippen LogP contribution in [0, 0.1) is 11.3 Å². The molecule has 1 aromatic carbocycles. The highest BCUT2D eigenvalue weighted by atomic mass is 16.5. The predicted octanol–water partition coefficient (Wildman–Crippen LogP) is 2.13. The van der Waals surface area contributed by atoms with Gasteiger partial charge in [0.1, 0.15) is 12.2 Å². The monoisotopic (exact) mass is 246 g/mol. The molecule has 18 heavy (non-hydrogen) atoms. The van der Waals surface area contributed by atoms with E-state index >= 15 is 0 Å². The number of hydrogen-bond acceptors (Lipinski definition) is 3. The van der Waals surface area contributed by atoms with Crippen molar-refractivity contribution in [2.24, 2.45) is 0 Å². The van der Waals surface area contributed by atoms with Crippen LogP contribution in [0.2, 0.25) is 0 Å². The first-order chi connectivity index (χ1) is 8.62. The van der Waals surface area contributed by atoms with Crippen LogP contribution < -0.4 is 4.74 Å². The van der Waals surface area contributed by atoms with Crippen molar-refractivity contribution in [2.75, 3.05) is 14.2 Å². The molecule has 0 aliphatic rings. The maximum atomic E-state index is 11.6. The molecular formula is C14H18N2O2. The minimum Gasteiger partial charge on any atom is -0.496 e. The van der Waals surface area contributed by atoms with Crippen molar-refractivity contribution in [1.82, 2.24) is 4.90 Å². The van der Waals surface area contributed by atoms with E-state index in [2.05, 4.69) is 6.92 Å². The average molecular weight is 246 g/mol. The maximum Gasteiger partial charge on any atom is 0.236 e. The lowest BCUT2D eigenvalue weighted by molar-refractivity contribution is -0.129. The van der Waals surface area contributed by atoms with Gasteiger partial charge in [-0.15, -0.1) is 0 Å². The Balaban J connectivity index is 2.88. The van der Waals surface area contributed by atoms with Crippen LogP contribution in [0.3, 0.4) is 0 Å². The van der Waals surface area contributed by atoms with Gasteiger partial charge in [-0.05, 0) is 18.1 Å². The molecule has 0 bridgehead atoms. The van der Waals surface area contributed by atoms with Crippen molar-refractivity contribution >= 4 is 5.91 Å². The van der Waals surface area contributed by atoms with Gasteiger partial charge >= 0.3 is 0 Å². The molecule has 1 amide bonds. The van der Waals surface area contributed by atoms with Crippen LogP contribution in [-0.4, -0.2) is 25.0 Å². The number of nitriles is 1. The molecule has 0 unspecified atom stereocenters. The second kappa shape index (κ2) is 6.65. The molecule has 0 aliphatic carbocycles. The zero-order valence-electron chi connectivity index (χ0n) is 11.1. The molecule has 0 saturated heterocycles. The topological polar surface area (TPSA) is 53.3 Å². The van der Waals surface area contributed by atoms with Crippen molar-refractivity contribution < 1.29 is 9.53 Å². The summed E-state index contributed by atoms with van der Waals surface area (Å²) < 4.78 is 5.28. The van der Waals surface area contributed by atoms with Gasteiger partial charge in [-0.2, -0.15) is 5.26 Å². The molecule has 0 aliphatic heterocycles. The van der Waals surface area contributed by atoms with Crippen molar-refractivity contribution in [3.63, 3.8) is 0 Å². The fourth-order valence-corrected chi connectivity index (χ4v) is 1.72. The fourth-order valence-electron chi connectivity index (χ4n) is 1.72. The number of carbonyl (C=O) groups excluding carboxylic acids is 1. The fraction of sp³-hybridized carbons (Fsp3) is 0.429. The number of carbonyl (C=O) groups is 1. The van der Waals surface area contributed by atoms with Crippen molar-refractivity contribution in [2.45, 2.75) is 26.3 Å². The highest BCUT2D eigenvalue weighted by Gasteiger charge is 2.12. The first-order valence-electron chi connectivity index (χ1n) is 5.89. The smallest absolute Gasteiger partial charge is 0.236 e. The number of rotatable bonds is 5. The normalized spacial score (nSPS) is 9.67. The lowest BCUT2D eigenvalue weighted by Crippen LogP contribution is -2.25. The van der Waals surface area contributed by atoms with E-state index in [4.69, 9.17) is 10.00 Å². The van der Waals surface area contributed by atoms with Crippen molar-refractivity contribution in [3.8, 4) is 11.8 Å². The number of methoxy groups -OCH3 is 1. The van der Waals surface area contributed by atoms with E-state index < -0.39 is 0 Å². The average Bonchev–Trinajstić information content (AvgIpc) is 2.38. The Morgan fingerprint density at radius 1 is 1.50 bits per heavy atom. The molecule has 96 valence electrons. The van der Waals surface area contributed by atoms with Crippen LogP contribution in [0.5, 0.6) is 5.75 Å². The largest absolute Gasteiger partial charge is 0.496 e. The van der Waals surface area contributed by atoms with Gasteiger partial charge in [-0.1, -0.05) is 19.1 Å². The molecule has 0 N–H and O–H groups in total. The molecule has 4 heteroatoms. The van der Waals surface area contributed by atoms with Gasteiger partial charge in [0.15, 0.2) is 0 Å². The summed E-state index contributed by atoms with van der Waals surface area (Å²) in [7, 11) is 3.30. The summed E-state index contributed by atoms with van der Waals surface area (Å²) in [5.41, 5.74) is 2.16. The summed E-state index contributed by atoms with van der Waals surface area (Å²) in [6.07, 6.45) is 0.846. The number of aryl methyl sites for hydroxylation is 1. The second-order valence-corrected chi connectivity index (χ2v) is 4.08. The molecule has 0 saturated carbocycles. The first-order valence-corrected chi connectivity index (χ1v) is 5.89. The zero-order valence-corrected chi connectivity index (χ0v) is 11.1. The standard InChI is InChI=1S/C14H18N2O2/c1-4-11-5-6-13(18-3)12(9-11)10-16(2)14(17)7-8-15/h5-6,9H,4,7,10H2,1-3H3. The van der Waals surface area contributed by atoms with Crippen molar-refractivity contribution in [3.05, 3.63) is 29.3 Å². The molecule has 0 heterocycles. The second-order valence-electron chi connectivity index (χ2n) is 4.08. The minimum absolute atomic E-state index is 0.0910. The number of nitrogens with zero attached hydrogens (tertiary/aromatic N) is 2. The summed E-state index contributed by atoms with van der Waals surface area (Å²) in [5.74, 6) is 0.588. The molecule has 0 fully saturated rings. The Morgan fingerprint density at radius 2 is 2.22 bits per heavy atom. The molecule has 0 spiro atoms. The van der Waals surface area contributed by atoms with E-state index in [9.17, 15) is 4.79 Å². The summed E-state index contributed by atoms with van der Waals surface area (Å²) in [6.45, 7) is 2.54. The van der Waals surface area contributed by atoms with Crippen LogP contribution in [0.15, 0.2) is 18.2 Å². The Hall–Kier alpha value is -2.02. The summed E-state index contributed by atoms with van der Waals surface area (Å²) in [4.78, 5) is 13.1. The molecule has 1 aromatic rings. The first kappa shape index (κ1) is 14.0. The number of benzene rings is 1. The molecule has 0 aromatic heterocycles. The van der Waals surface area contributed by atoms with E-state index in [1.165, 1.54) is 5.56 Å². The van der Waals surface area contributed by atoms with E-state index in [0.29, 0.717) is 6.54 Å². The SMILES string of the molecule is CCc1ccc(OC)c(CN(C)C(=O)CC#N)c1. The minimum atomic E-state index is -0.179. The van der Waals surface area contributed by atoms with Gasteiger partial charge in [0.25, 0.3) is 0 Å². The van der Waals surface area contributed by atoms with Crippen LogP contribution in [0.1, 0.15) is 24.5 Å². The van der Waals surface area contributed by atoms with Gasteiger partial charge in [0, 0.05) is 19.2 Å². The van der Waals surface area contributed by atoms with Gasteiger partial charge in [-0.25, -0.2) is 0 Å². The third-order valence-electron chi connectivity index (χ3n) is 2.82.